The standard InChI is InChI=1S/C22H18F2N8O3/c23-14-4-2-1-3-12(14)9-27-18(17-5-6-35-31-17)8-16(25)20-28-10-15(24)21(29-20)32-11-13(7-19(26)33)22(34)30-32/h1-6,8,10-11H,7,9,25H2,(H2,26,33)(H,30,34). The normalized spacial score (nSPS) is 12.2. The molecule has 4 rings (SSSR count). The molecule has 0 aliphatic heterocycles. The van der Waals surface area contributed by atoms with Gasteiger partial charge in [-0.2, -0.15) is 0 Å². The first-order valence-electron chi connectivity index (χ1n) is 10.1. The number of nitrogens with one attached hydrogen (secondary N) is 1. The van der Waals surface area contributed by atoms with E-state index in [9.17, 15) is 18.4 Å². The molecule has 0 radical (unpaired) electrons. The van der Waals surface area contributed by atoms with E-state index >= 15 is 0 Å². The molecule has 1 aromatic carbocycles. The van der Waals surface area contributed by atoms with Gasteiger partial charge in [-0.25, -0.2) is 23.4 Å². The van der Waals surface area contributed by atoms with Crippen molar-refractivity contribution in [1.29, 1.82) is 0 Å². The van der Waals surface area contributed by atoms with Gasteiger partial charge in [-0.15, -0.1) is 0 Å². The first kappa shape index (κ1) is 23.2. The van der Waals surface area contributed by atoms with E-state index in [0.717, 1.165) is 10.9 Å². The maximum Gasteiger partial charge on any atom is 0.268 e. The predicted octanol–water partition coefficient (Wildman–Crippen LogP) is 1.24. The maximum atomic E-state index is 14.5. The lowest BCUT2D eigenvalue weighted by atomic mass is 10.2. The van der Waals surface area contributed by atoms with Crippen molar-refractivity contribution in [2.75, 3.05) is 0 Å². The van der Waals surface area contributed by atoms with Crippen LogP contribution in [0.5, 0.6) is 0 Å². The van der Waals surface area contributed by atoms with Crippen molar-refractivity contribution >= 4 is 17.3 Å². The Morgan fingerprint density at radius 3 is 2.69 bits per heavy atom. The summed E-state index contributed by atoms with van der Waals surface area (Å²) in [6, 6.07) is 7.69. The minimum Gasteiger partial charge on any atom is -0.396 e. The zero-order valence-electron chi connectivity index (χ0n) is 18.0. The number of amides is 1. The highest BCUT2D eigenvalue weighted by Crippen LogP contribution is 2.14. The average Bonchev–Trinajstić information content (AvgIpc) is 3.48. The third-order valence-electron chi connectivity index (χ3n) is 4.75. The first-order valence-corrected chi connectivity index (χ1v) is 10.1. The minimum atomic E-state index is -0.858. The van der Waals surface area contributed by atoms with Gasteiger partial charge in [-0.1, -0.05) is 23.4 Å². The molecule has 5 N–H and O–H groups in total. The van der Waals surface area contributed by atoms with Gasteiger partial charge < -0.3 is 16.0 Å². The van der Waals surface area contributed by atoms with E-state index in [1.807, 2.05) is 0 Å². The summed E-state index contributed by atoms with van der Waals surface area (Å²) in [6.45, 7) is -0.0125. The van der Waals surface area contributed by atoms with Gasteiger partial charge in [-0.3, -0.25) is 19.7 Å². The van der Waals surface area contributed by atoms with Crippen molar-refractivity contribution in [3.05, 3.63) is 99.7 Å². The minimum absolute atomic E-state index is 0.0125. The van der Waals surface area contributed by atoms with Crippen LogP contribution < -0.4 is 17.0 Å². The Labute approximate surface area is 195 Å². The number of hydrogen-bond donors (Lipinski definition) is 3. The summed E-state index contributed by atoms with van der Waals surface area (Å²) >= 11 is 0. The van der Waals surface area contributed by atoms with Crippen LogP contribution in [0.1, 0.15) is 22.6 Å². The van der Waals surface area contributed by atoms with Crippen molar-refractivity contribution in [1.82, 2.24) is 24.9 Å². The average molecular weight is 480 g/mol. The molecule has 0 aliphatic rings. The zero-order chi connectivity index (χ0) is 24.9. The summed E-state index contributed by atoms with van der Waals surface area (Å²) in [7, 11) is 0. The fraction of sp³-hybridized carbons (Fsp3) is 0.0909. The quantitative estimate of drug-likeness (QED) is 0.318. The molecule has 0 fully saturated rings. The highest BCUT2D eigenvalue weighted by molar-refractivity contribution is 6.10. The van der Waals surface area contributed by atoms with Crippen molar-refractivity contribution in [2.45, 2.75) is 13.0 Å². The number of nitrogens with two attached hydrogens (primary N) is 2. The fourth-order valence-corrected chi connectivity index (χ4v) is 3.08. The second kappa shape index (κ2) is 9.91. The Morgan fingerprint density at radius 1 is 1.17 bits per heavy atom. The molecule has 0 unspecified atom stereocenters. The Hall–Kier alpha value is -4.94. The molecule has 3 aromatic heterocycles. The second-order valence-corrected chi connectivity index (χ2v) is 7.25. The monoisotopic (exact) mass is 480 g/mol. The second-order valence-electron chi connectivity index (χ2n) is 7.25. The van der Waals surface area contributed by atoms with E-state index in [1.54, 1.807) is 18.2 Å². The number of halogens is 2. The number of primary amides is 1. The number of rotatable bonds is 8. The number of H-pyrrole nitrogens is 1. The molecule has 0 bridgehead atoms. The lowest BCUT2D eigenvalue weighted by molar-refractivity contribution is -0.117. The molecular weight excluding hydrogens is 462 g/mol. The van der Waals surface area contributed by atoms with E-state index in [1.165, 1.54) is 30.7 Å². The summed E-state index contributed by atoms with van der Waals surface area (Å²) in [4.78, 5) is 35.5. The highest BCUT2D eigenvalue weighted by Gasteiger charge is 2.16. The van der Waals surface area contributed by atoms with Gasteiger partial charge in [0.15, 0.2) is 17.5 Å². The van der Waals surface area contributed by atoms with E-state index in [4.69, 9.17) is 16.0 Å². The molecule has 35 heavy (non-hydrogen) atoms. The van der Waals surface area contributed by atoms with Crippen LogP contribution in [-0.2, 0) is 17.8 Å². The molecule has 3 heterocycles. The molecular formula is C22H18F2N8O3. The number of benzene rings is 1. The topological polar surface area (TPSA) is 171 Å². The van der Waals surface area contributed by atoms with Crippen LogP contribution >= 0.6 is 0 Å². The Morgan fingerprint density at radius 2 is 1.97 bits per heavy atom. The molecule has 0 aliphatic carbocycles. The number of hydrogen-bond acceptors (Lipinski definition) is 8. The Bertz CT molecular complexity index is 1490. The van der Waals surface area contributed by atoms with Crippen LogP contribution in [-0.4, -0.2) is 36.5 Å². The molecule has 178 valence electrons. The van der Waals surface area contributed by atoms with Crippen molar-refractivity contribution in [3.63, 3.8) is 0 Å². The summed E-state index contributed by atoms with van der Waals surface area (Å²) in [5.41, 5.74) is 11.6. The van der Waals surface area contributed by atoms with Gasteiger partial charge in [-0.05, 0) is 12.1 Å². The van der Waals surface area contributed by atoms with E-state index in [-0.39, 0.29) is 41.6 Å². The van der Waals surface area contributed by atoms with Crippen LogP contribution in [0.25, 0.3) is 11.5 Å². The molecule has 0 spiro atoms. The van der Waals surface area contributed by atoms with Gasteiger partial charge in [0.1, 0.15) is 17.8 Å². The van der Waals surface area contributed by atoms with E-state index in [0.29, 0.717) is 11.3 Å². The molecule has 0 saturated carbocycles. The van der Waals surface area contributed by atoms with Crippen LogP contribution in [0.3, 0.4) is 0 Å². The zero-order valence-corrected chi connectivity index (χ0v) is 18.0. The van der Waals surface area contributed by atoms with Crippen molar-refractivity contribution in [3.8, 4) is 5.82 Å². The number of aliphatic imine (C=N–C) groups is 1. The van der Waals surface area contributed by atoms with E-state index in [2.05, 4.69) is 25.2 Å². The first-order chi connectivity index (χ1) is 16.8. The van der Waals surface area contributed by atoms with Gasteiger partial charge in [0.25, 0.3) is 5.56 Å². The van der Waals surface area contributed by atoms with Gasteiger partial charge >= 0.3 is 0 Å². The molecule has 11 nitrogen and oxygen atoms in total. The predicted molar refractivity (Wildman–Crippen MR) is 120 cm³/mol. The van der Waals surface area contributed by atoms with Crippen LogP contribution in [0, 0.1) is 11.6 Å². The smallest absolute Gasteiger partial charge is 0.268 e. The third-order valence-corrected chi connectivity index (χ3v) is 4.75. The number of aromatic nitrogens is 5. The van der Waals surface area contributed by atoms with Crippen LogP contribution in [0.4, 0.5) is 8.78 Å². The Kier molecular flexibility index (Phi) is 6.57. The SMILES string of the molecule is NC(=O)Cc1cn(-c2nc(C(N)=CC(=NCc3ccccc3F)c3ccon3)ncc2F)[nH]c1=O. The molecule has 0 saturated heterocycles. The molecule has 0 atom stereocenters. The lowest BCUT2D eigenvalue weighted by Gasteiger charge is -2.07. The summed E-state index contributed by atoms with van der Waals surface area (Å²) in [6.07, 6.45) is 4.46. The van der Waals surface area contributed by atoms with Crippen molar-refractivity contribution in [2.24, 2.45) is 16.5 Å². The van der Waals surface area contributed by atoms with Crippen molar-refractivity contribution < 1.29 is 18.1 Å². The summed E-state index contributed by atoms with van der Waals surface area (Å²) in [5, 5.41) is 6.19. The molecule has 1 amide bonds. The fourth-order valence-electron chi connectivity index (χ4n) is 3.08. The number of aromatic amines is 1. The van der Waals surface area contributed by atoms with E-state index < -0.39 is 23.1 Å². The summed E-state index contributed by atoms with van der Waals surface area (Å²) in [5.74, 6) is -2.40. The largest absolute Gasteiger partial charge is 0.396 e. The number of carbonyl (C=O) groups is 1. The Balaban J connectivity index is 1.69. The maximum absolute atomic E-state index is 14.5. The van der Waals surface area contributed by atoms with Gasteiger partial charge in [0, 0.05) is 23.4 Å². The number of carbonyl (C=O) groups excluding carboxylic acids is 1. The third kappa shape index (κ3) is 5.35. The number of allylic oxidation sites excluding steroid dienone is 1. The van der Waals surface area contributed by atoms with Crippen LogP contribution in [0.2, 0.25) is 0 Å². The van der Waals surface area contributed by atoms with Gasteiger partial charge in [0.05, 0.1) is 30.6 Å². The highest BCUT2D eigenvalue weighted by atomic mass is 19.1. The lowest BCUT2D eigenvalue weighted by Crippen LogP contribution is -2.18. The van der Waals surface area contributed by atoms with Gasteiger partial charge in [0.2, 0.25) is 5.91 Å². The summed E-state index contributed by atoms with van der Waals surface area (Å²) < 4.78 is 34.3. The van der Waals surface area contributed by atoms with Crippen LogP contribution in [0.15, 0.2) is 69.4 Å². The molecule has 4 aromatic rings. The number of nitrogens with zero attached hydrogens (tertiary/aromatic N) is 5. The molecule has 13 heteroatoms.